The van der Waals surface area contributed by atoms with Crippen LogP contribution in [-0.2, 0) is 20.7 Å². The minimum Gasteiger partial charge on any atom is -0.377 e. The van der Waals surface area contributed by atoms with Gasteiger partial charge in [-0.1, -0.05) is 6.07 Å². The summed E-state index contributed by atoms with van der Waals surface area (Å²) in [5.41, 5.74) is 1.03. The number of hydrogen-bond donors (Lipinski definition) is 2. The van der Waals surface area contributed by atoms with Gasteiger partial charge < -0.3 is 10.1 Å². The summed E-state index contributed by atoms with van der Waals surface area (Å²) in [5.74, 6) is -0.0611. The third kappa shape index (κ3) is 4.85. The Balaban J connectivity index is 1.55. The van der Waals surface area contributed by atoms with Crippen LogP contribution in [-0.4, -0.2) is 43.2 Å². The van der Waals surface area contributed by atoms with Gasteiger partial charge in [-0.2, -0.15) is 0 Å². The van der Waals surface area contributed by atoms with E-state index in [1.807, 2.05) is 24.3 Å². The topological polar surface area (TPSA) is 83.6 Å². The molecule has 0 saturated carbocycles. The number of nitrogens with one attached hydrogen (secondary N) is 2. The molecule has 0 aliphatic carbocycles. The van der Waals surface area contributed by atoms with E-state index in [0.29, 0.717) is 32.6 Å². The zero-order valence-electron chi connectivity index (χ0n) is 13.7. The van der Waals surface area contributed by atoms with Gasteiger partial charge in [0, 0.05) is 25.4 Å². The number of ether oxygens (including phenoxy) is 1. The SMILES string of the molecule is O=CN(c1ccc(NC(=O)CCc2cccnc2)s1)C1COCCN1. The van der Waals surface area contributed by atoms with Crippen LogP contribution < -0.4 is 15.5 Å². The molecule has 25 heavy (non-hydrogen) atoms. The summed E-state index contributed by atoms with van der Waals surface area (Å²) in [6.07, 6.45) is 5.10. The molecule has 3 heterocycles. The van der Waals surface area contributed by atoms with Crippen molar-refractivity contribution in [3.63, 3.8) is 0 Å². The Morgan fingerprint density at radius 1 is 1.48 bits per heavy atom. The third-order valence-electron chi connectivity index (χ3n) is 3.82. The summed E-state index contributed by atoms with van der Waals surface area (Å²) in [5, 5.41) is 7.60. The molecule has 8 heteroatoms. The molecule has 2 amide bonds. The van der Waals surface area contributed by atoms with E-state index in [1.165, 1.54) is 11.3 Å². The van der Waals surface area contributed by atoms with Crippen LogP contribution in [0.3, 0.4) is 0 Å². The highest BCUT2D eigenvalue weighted by Gasteiger charge is 2.22. The van der Waals surface area contributed by atoms with Gasteiger partial charge in [0.2, 0.25) is 12.3 Å². The van der Waals surface area contributed by atoms with Crippen LogP contribution in [0.5, 0.6) is 0 Å². The Morgan fingerprint density at radius 2 is 2.40 bits per heavy atom. The summed E-state index contributed by atoms with van der Waals surface area (Å²) < 4.78 is 5.40. The van der Waals surface area contributed by atoms with Crippen molar-refractivity contribution in [3.05, 3.63) is 42.2 Å². The number of amides is 2. The largest absolute Gasteiger partial charge is 0.377 e. The average molecular weight is 360 g/mol. The number of nitrogens with zero attached hydrogens (tertiary/aromatic N) is 2. The van der Waals surface area contributed by atoms with Gasteiger partial charge in [0.1, 0.15) is 11.2 Å². The maximum absolute atomic E-state index is 12.1. The van der Waals surface area contributed by atoms with Crippen LogP contribution in [0, 0.1) is 0 Å². The molecule has 1 atom stereocenters. The van der Waals surface area contributed by atoms with Crippen molar-refractivity contribution in [1.82, 2.24) is 10.3 Å². The molecule has 1 saturated heterocycles. The smallest absolute Gasteiger partial charge is 0.225 e. The number of thiophene rings is 1. The lowest BCUT2D eigenvalue weighted by Crippen LogP contribution is -2.52. The van der Waals surface area contributed by atoms with Gasteiger partial charge in [-0.3, -0.25) is 24.8 Å². The Hall–Kier alpha value is -2.29. The summed E-state index contributed by atoms with van der Waals surface area (Å²) >= 11 is 1.36. The highest BCUT2D eigenvalue weighted by atomic mass is 32.1. The quantitative estimate of drug-likeness (QED) is 0.733. The Labute approximate surface area is 150 Å². The zero-order valence-corrected chi connectivity index (χ0v) is 14.5. The first kappa shape index (κ1) is 17.5. The third-order valence-corrected chi connectivity index (χ3v) is 4.84. The normalized spacial score (nSPS) is 17.0. The predicted octanol–water partition coefficient (Wildman–Crippen LogP) is 1.62. The fourth-order valence-electron chi connectivity index (χ4n) is 2.55. The number of carbonyl (C=O) groups is 2. The first-order valence-corrected chi connectivity index (χ1v) is 8.91. The molecular formula is C17H20N4O3S. The molecule has 0 aromatic carbocycles. The minimum absolute atomic E-state index is 0.0611. The molecule has 1 aliphatic heterocycles. The van der Waals surface area contributed by atoms with Crippen LogP contribution >= 0.6 is 11.3 Å². The zero-order chi connectivity index (χ0) is 17.5. The van der Waals surface area contributed by atoms with Crippen molar-refractivity contribution >= 4 is 33.7 Å². The van der Waals surface area contributed by atoms with E-state index in [9.17, 15) is 9.59 Å². The summed E-state index contributed by atoms with van der Waals surface area (Å²) in [4.78, 5) is 29.2. The standard InChI is InChI=1S/C17H20N4O3S/c22-12-21(14-11-24-9-8-19-14)17-6-5-16(25-17)20-15(23)4-3-13-2-1-7-18-10-13/h1-2,5-7,10,12,14,19H,3-4,8-9,11H2,(H,20,23). The fourth-order valence-corrected chi connectivity index (χ4v) is 3.48. The molecule has 1 aliphatic rings. The van der Waals surface area contributed by atoms with Crippen molar-refractivity contribution in [2.24, 2.45) is 0 Å². The molecular weight excluding hydrogens is 340 g/mol. The van der Waals surface area contributed by atoms with Gasteiger partial charge in [0.25, 0.3) is 0 Å². The van der Waals surface area contributed by atoms with E-state index in [0.717, 1.165) is 22.0 Å². The van der Waals surface area contributed by atoms with Crippen molar-refractivity contribution in [1.29, 1.82) is 0 Å². The number of pyridine rings is 1. The molecule has 1 fully saturated rings. The number of aryl methyl sites for hydroxylation is 1. The number of anilines is 2. The lowest BCUT2D eigenvalue weighted by Gasteiger charge is -2.31. The van der Waals surface area contributed by atoms with Crippen molar-refractivity contribution in [2.45, 2.75) is 19.0 Å². The monoisotopic (exact) mass is 360 g/mol. The van der Waals surface area contributed by atoms with Gasteiger partial charge in [-0.05, 0) is 30.2 Å². The van der Waals surface area contributed by atoms with Crippen LogP contribution in [0.4, 0.5) is 10.0 Å². The van der Waals surface area contributed by atoms with Gasteiger partial charge in [0.05, 0.1) is 18.2 Å². The number of morpholine rings is 1. The number of hydrogen-bond acceptors (Lipinski definition) is 6. The van der Waals surface area contributed by atoms with Crippen molar-refractivity contribution in [3.8, 4) is 0 Å². The predicted molar refractivity (Wildman–Crippen MR) is 96.7 cm³/mol. The molecule has 2 aromatic heterocycles. The van der Waals surface area contributed by atoms with E-state index >= 15 is 0 Å². The number of carbonyl (C=O) groups excluding carboxylic acids is 2. The summed E-state index contributed by atoms with van der Waals surface area (Å²) in [7, 11) is 0. The first-order valence-electron chi connectivity index (χ1n) is 8.09. The maximum atomic E-state index is 12.1. The second kappa shape index (κ2) is 8.70. The summed E-state index contributed by atoms with van der Waals surface area (Å²) in [6, 6.07) is 7.44. The van der Waals surface area contributed by atoms with E-state index in [-0.39, 0.29) is 12.1 Å². The molecule has 7 nitrogen and oxygen atoms in total. The average Bonchev–Trinajstić information content (AvgIpc) is 3.10. The first-order chi connectivity index (χ1) is 12.3. The van der Waals surface area contributed by atoms with E-state index in [4.69, 9.17) is 4.74 Å². The van der Waals surface area contributed by atoms with Crippen molar-refractivity contribution < 1.29 is 14.3 Å². The lowest BCUT2D eigenvalue weighted by molar-refractivity contribution is -0.116. The van der Waals surface area contributed by atoms with Gasteiger partial charge >= 0.3 is 0 Å². The molecule has 0 bridgehead atoms. The Kier molecular flexibility index (Phi) is 6.10. The van der Waals surface area contributed by atoms with Crippen LogP contribution in [0.2, 0.25) is 0 Å². The second-order valence-corrected chi connectivity index (χ2v) is 6.67. The van der Waals surface area contributed by atoms with Gasteiger partial charge in [0.15, 0.2) is 0 Å². The van der Waals surface area contributed by atoms with E-state index in [1.54, 1.807) is 17.3 Å². The van der Waals surface area contributed by atoms with Crippen molar-refractivity contribution in [2.75, 3.05) is 30.0 Å². The lowest BCUT2D eigenvalue weighted by atomic mass is 10.1. The molecule has 0 spiro atoms. The van der Waals surface area contributed by atoms with Crippen LogP contribution in [0.1, 0.15) is 12.0 Å². The van der Waals surface area contributed by atoms with Gasteiger partial charge in [-0.25, -0.2) is 0 Å². The molecule has 2 aromatic rings. The highest BCUT2D eigenvalue weighted by Crippen LogP contribution is 2.30. The summed E-state index contributed by atoms with van der Waals surface area (Å²) in [6.45, 7) is 1.80. The molecule has 1 unspecified atom stereocenters. The molecule has 3 rings (SSSR count). The van der Waals surface area contributed by atoms with E-state index in [2.05, 4.69) is 15.6 Å². The van der Waals surface area contributed by atoms with Crippen LogP contribution in [0.15, 0.2) is 36.7 Å². The second-order valence-electron chi connectivity index (χ2n) is 5.60. The number of rotatable bonds is 7. The Bertz CT molecular complexity index is 701. The van der Waals surface area contributed by atoms with Crippen LogP contribution in [0.25, 0.3) is 0 Å². The molecule has 132 valence electrons. The van der Waals surface area contributed by atoms with E-state index < -0.39 is 0 Å². The maximum Gasteiger partial charge on any atom is 0.225 e. The Morgan fingerprint density at radius 3 is 3.12 bits per heavy atom. The minimum atomic E-state index is -0.181. The fraction of sp³-hybridized carbons (Fsp3) is 0.353. The number of aromatic nitrogens is 1. The molecule has 0 radical (unpaired) electrons. The van der Waals surface area contributed by atoms with Gasteiger partial charge in [-0.15, -0.1) is 11.3 Å². The molecule has 2 N–H and O–H groups in total. The highest BCUT2D eigenvalue weighted by molar-refractivity contribution is 7.20.